The Morgan fingerprint density at radius 1 is 0.933 bits per heavy atom. The van der Waals surface area contributed by atoms with Crippen LogP contribution in [0.4, 0.5) is 18.9 Å². The molecule has 3 nitrogen and oxygen atoms in total. The van der Waals surface area contributed by atoms with E-state index in [1.165, 1.54) is 7.11 Å². The van der Waals surface area contributed by atoms with Crippen LogP contribution < -0.4 is 4.74 Å². The quantitative estimate of drug-likeness (QED) is 0.486. The lowest BCUT2D eigenvalue weighted by Crippen LogP contribution is -2.50. The van der Waals surface area contributed by atoms with Crippen molar-refractivity contribution in [3.05, 3.63) is 72.3 Å². The van der Waals surface area contributed by atoms with Gasteiger partial charge in [-0.15, -0.1) is 0 Å². The third-order valence-electron chi connectivity index (χ3n) is 5.20. The molecule has 0 spiro atoms. The Hall–Kier alpha value is -2.86. The summed E-state index contributed by atoms with van der Waals surface area (Å²) in [5, 5.41) is 12.5. The molecule has 0 aliphatic carbocycles. The molecule has 0 amide bonds. The second kappa shape index (κ2) is 8.11. The van der Waals surface area contributed by atoms with Crippen molar-refractivity contribution in [2.75, 3.05) is 7.11 Å². The maximum Gasteiger partial charge on any atom is 0.422 e. The summed E-state index contributed by atoms with van der Waals surface area (Å²) in [4.78, 5) is 3.99. The first-order chi connectivity index (χ1) is 14.1. The molecule has 0 radical (unpaired) electrons. The zero-order chi connectivity index (χ0) is 22.0. The molecule has 1 unspecified atom stereocenters. The molecule has 3 rings (SSSR count). The Balaban J connectivity index is 1.96. The number of hydrogen-bond acceptors (Lipinski definition) is 3. The van der Waals surface area contributed by atoms with Crippen molar-refractivity contribution in [1.82, 2.24) is 0 Å². The SMILES string of the molecule is COc1ccccc1C(C)(C)CC(O)(C=Nc1ccc2ccccc2c1)C(F)(F)F. The first-order valence-corrected chi connectivity index (χ1v) is 9.52. The summed E-state index contributed by atoms with van der Waals surface area (Å²) in [5.41, 5.74) is -3.23. The van der Waals surface area contributed by atoms with Crippen LogP contribution in [-0.4, -0.2) is 30.2 Å². The van der Waals surface area contributed by atoms with Crippen molar-refractivity contribution in [3.8, 4) is 5.75 Å². The van der Waals surface area contributed by atoms with Gasteiger partial charge in [-0.1, -0.05) is 62.4 Å². The van der Waals surface area contributed by atoms with Gasteiger partial charge in [0.05, 0.1) is 12.8 Å². The number of fused-ring (bicyclic) bond motifs is 1. The maximum atomic E-state index is 13.9. The highest BCUT2D eigenvalue weighted by atomic mass is 19.4. The number of hydrogen-bond donors (Lipinski definition) is 1. The number of alkyl halides is 3. The van der Waals surface area contributed by atoms with Crippen LogP contribution >= 0.6 is 0 Å². The monoisotopic (exact) mass is 415 g/mol. The number of halogens is 3. The van der Waals surface area contributed by atoms with E-state index in [9.17, 15) is 18.3 Å². The Labute approximate surface area is 173 Å². The second-order valence-electron chi connectivity index (χ2n) is 7.97. The molecular weight excluding hydrogens is 391 g/mol. The summed E-state index contributed by atoms with van der Waals surface area (Å²) >= 11 is 0. The van der Waals surface area contributed by atoms with E-state index in [1.54, 1.807) is 56.3 Å². The van der Waals surface area contributed by atoms with Gasteiger partial charge in [-0.2, -0.15) is 13.2 Å². The van der Waals surface area contributed by atoms with Gasteiger partial charge in [0.2, 0.25) is 0 Å². The lowest BCUT2D eigenvalue weighted by atomic mass is 9.75. The van der Waals surface area contributed by atoms with E-state index in [-0.39, 0.29) is 0 Å². The Morgan fingerprint density at radius 3 is 2.23 bits per heavy atom. The third-order valence-corrected chi connectivity index (χ3v) is 5.20. The largest absolute Gasteiger partial charge is 0.496 e. The van der Waals surface area contributed by atoms with E-state index in [0.29, 0.717) is 23.2 Å². The number of aliphatic hydroxyl groups is 1. The summed E-state index contributed by atoms with van der Waals surface area (Å²) in [6.07, 6.45) is -4.90. The van der Waals surface area contributed by atoms with Gasteiger partial charge in [-0.25, -0.2) is 0 Å². The normalized spacial score (nSPS) is 14.8. The van der Waals surface area contributed by atoms with Gasteiger partial charge in [0.1, 0.15) is 5.75 Å². The lowest BCUT2D eigenvalue weighted by molar-refractivity contribution is -0.234. The van der Waals surface area contributed by atoms with E-state index in [2.05, 4.69) is 4.99 Å². The van der Waals surface area contributed by atoms with E-state index in [1.807, 2.05) is 24.3 Å². The molecule has 0 bridgehead atoms. The summed E-state index contributed by atoms with van der Waals surface area (Å²) < 4.78 is 47.1. The van der Waals surface area contributed by atoms with Crippen LogP contribution in [-0.2, 0) is 5.41 Å². The maximum absolute atomic E-state index is 13.9. The number of ether oxygens (including phenoxy) is 1. The predicted octanol–water partition coefficient (Wildman–Crippen LogP) is 6.21. The molecule has 3 aromatic carbocycles. The third kappa shape index (κ3) is 4.49. The average molecular weight is 415 g/mol. The van der Waals surface area contributed by atoms with Crippen molar-refractivity contribution in [3.63, 3.8) is 0 Å². The molecule has 1 atom stereocenters. The van der Waals surface area contributed by atoms with Crippen molar-refractivity contribution in [2.24, 2.45) is 4.99 Å². The van der Waals surface area contributed by atoms with Crippen molar-refractivity contribution < 1.29 is 23.0 Å². The van der Waals surface area contributed by atoms with Gasteiger partial charge >= 0.3 is 6.18 Å². The van der Waals surface area contributed by atoms with Crippen LogP contribution in [0, 0.1) is 0 Å². The number of aliphatic imine (C=N–C) groups is 1. The number of benzene rings is 3. The van der Waals surface area contributed by atoms with Crippen molar-refractivity contribution in [1.29, 1.82) is 0 Å². The molecule has 3 aromatic rings. The van der Waals surface area contributed by atoms with Crippen LogP contribution in [0.1, 0.15) is 25.8 Å². The molecule has 0 aliphatic rings. The minimum atomic E-state index is -4.90. The zero-order valence-electron chi connectivity index (χ0n) is 17.1. The smallest absolute Gasteiger partial charge is 0.422 e. The number of methoxy groups -OCH3 is 1. The highest BCUT2D eigenvalue weighted by Gasteiger charge is 2.55. The number of nitrogens with zero attached hydrogens (tertiary/aromatic N) is 1. The standard InChI is InChI=1S/C24H24F3NO2/c1-22(2,20-10-6-7-11-21(20)30-3)15-23(29,24(25,26)27)16-28-19-13-12-17-8-4-5-9-18(17)14-19/h4-14,16,29H,15H2,1-3H3. The zero-order valence-corrected chi connectivity index (χ0v) is 17.1. The molecule has 1 N–H and O–H groups in total. The highest BCUT2D eigenvalue weighted by Crippen LogP contribution is 2.43. The van der Waals surface area contributed by atoms with Crippen molar-refractivity contribution in [2.45, 2.75) is 37.5 Å². The molecule has 0 aliphatic heterocycles. The van der Waals surface area contributed by atoms with Crippen LogP contribution in [0.5, 0.6) is 5.75 Å². The van der Waals surface area contributed by atoms with Gasteiger partial charge in [-0.05, 0) is 46.4 Å². The second-order valence-corrected chi connectivity index (χ2v) is 7.97. The fourth-order valence-corrected chi connectivity index (χ4v) is 3.63. The molecule has 0 heterocycles. The molecule has 0 saturated carbocycles. The van der Waals surface area contributed by atoms with Crippen LogP contribution in [0.2, 0.25) is 0 Å². The lowest BCUT2D eigenvalue weighted by Gasteiger charge is -2.36. The summed E-state index contributed by atoms with van der Waals surface area (Å²) in [6, 6.07) is 19.5. The number of rotatable bonds is 6. The molecule has 158 valence electrons. The summed E-state index contributed by atoms with van der Waals surface area (Å²) in [5.74, 6) is 0.471. The van der Waals surface area contributed by atoms with Gasteiger partial charge in [-0.3, -0.25) is 4.99 Å². The molecule has 0 aromatic heterocycles. The van der Waals surface area contributed by atoms with E-state index >= 15 is 0 Å². The topological polar surface area (TPSA) is 41.8 Å². The predicted molar refractivity (Wildman–Crippen MR) is 114 cm³/mol. The van der Waals surface area contributed by atoms with E-state index < -0.39 is 23.6 Å². The Kier molecular flexibility index (Phi) is 5.90. The Morgan fingerprint density at radius 2 is 1.57 bits per heavy atom. The molecule has 30 heavy (non-hydrogen) atoms. The van der Waals surface area contributed by atoms with Gasteiger partial charge < -0.3 is 9.84 Å². The van der Waals surface area contributed by atoms with E-state index in [4.69, 9.17) is 4.74 Å². The molecule has 0 saturated heterocycles. The minimum absolute atomic E-state index is 0.339. The van der Waals surface area contributed by atoms with E-state index in [0.717, 1.165) is 10.8 Å². The fourth-order valence-electron chi connectivity index (χ4n) is 3.63. The Bertz CT molecular complexity index is 1060. The van der Waals surface area contributed by atoms with Gasteiger partial charge in [0.25, 0.3) is 0 Å². The average Bonchev–Trinajstić information content (AvgIpc) is 2.71. The van der Waals surface area contributed by atoms with Crippen LogP contribution in [0.25, 0.3) is 10.8 Å². The minimum Gasteiger partial charge on any atom is -0.496 e. The first kappa shape index (κ1) is 21.8. The van der Waals surface area contributed by atoms with Gasteiger partial charge in [0, 0.05) is 6.21 Å². The van der Waals surface area contributed by atoms with Gasteiger partial charge in [0.15, 0.2) is 5.60 Å². The fraction of sp³-hybridized carbons (Fsp3) is 0.292. The summed E-state index contributed by atoms with van der Waals surface area (Å²) in [7, 11) is 1.46. The highest BCUT2D eigenvalue weighted by molar-refractivity contribution is 5.86. The van der Waals surface area contributed by atoms with Crippen molar-refractivity contribution >= 4 is 22.7 Å². The van der Waals surface area contributed by atoms with Crippen LogP contribution in [0.15, 0.2) is 71.7 Å². The summed E-state index contributed by atoms with van der Waals surface area (Å²) in [6.45, 7) is 3.29. The number of para-hydroxylation sites is 1. The molecule has 6 heteroatoms. The van der Waals surface area contributed by atoms with Crippen LogP contribution in [0.3, 0.4) is 0 Å². The molecular formula is C24H24F3NO2. The first-order valence-electron chi connectivity index (χ1n) is 9.52. The molecule has 0 fully saturated rings.